The molecule has 7 heteroatoms. The number of thioether (sulfide) groups is 1. The van der Waals surface area contributed by atoms with E-state index >= 15 is 0 Å². The van der Waals surface area contributed by atoms with Crippen LogP contribution < -0.4 is 10.1 Å². The second-order valence-electron chi connectivity index (χ2n) is 6.79. The molecule has 0 aliphatic carbocycles. The predicted molar refractivity (Wildman–Crippen MR) is 112 cm³/mol. The molecule has 1 N–H and O–H groups in total. The Morgan fingerprint density at radius 3 is 3.04 bits per heavy atom. The highest BCUT2D eigenvalue weighted by molar-refractivity contribution is 8.18. The summed E-state index contributed by atoms with van der Waals surface area (Å²) in [5.74, 6) is 1.23. The van der Waals surface area contributed by atoms with E-state index in [0.29, 0.717) is 22.6 Å². The lowest BCUT2D eigenvalue weighted by Crippen LogP contribution is -2.22. The number of hydrogen-bond acceptors (Lipinski definition) is 6. The number of aromatic nitrogens is 1. The summed E-state index contributed by atoms with van der Waals surface area (Å²) >= 11 is 1.39. The highest BCUT2D eigenvalue weighted by Gasteiger charge is 2.24. The molecule has 0 radical (unpaired) electrons. The van der Waals surface area contributed by atoms with Gasteiger partial charge in [-0.25, -0.2) is 0 Å². The molecule has 0 unspecified atom stereocenters. The van der Waals surface area contributed by atoms with E-state index in [9.17, 15) is 4.79 Å². The van der Waals surface area contributed by atoms with Crippen molar-refractivity contribution in [2.45, 2.75) is 19.8 Å². The topological polar surface area (TPSA) is 72.8 Å². The molecule has 6 nitrogen and oxygen atoms in total. The van der Waals surface area contributed by atoms with Crippen molar-refractivity contribution in [1.29, 1.82) is 0 Å². The molecule has 2 aromatic rings. The summed E-state index contributed by atoms with van der Waals surface area (Å²) in [5, 5.41) is 4.49. The number of nitrogens with one attached hydrogen (secondary N) is 1. The van der Waals surface area contributed by atoms with Gasteiger partial charge in [0, 0.05) is 31.3 Å². The molecule has 4 rings (SSSR count). The molecule has 28 heavy (non-hydrogen) atoms. The quantitative estimate of drug-likeness (QED) is 0.780. The van der Waals surface area contributed by atoms with Gasteiger partial charge >= 0.3 is 0 Å². The molecule has 0 spiro atoms. The van der Waals surface area contributed by atoms with Gasteiger partial charge in [-0.2, -0.15) is 0 Å². The van der Waals surface area contributed by atoms with Gasteiger partial charge in [-0.1, -0.05) is 6.07 Å². The zero-order valence-electron chi connectivity index (χ0n) is 15.8. The first-order valence-electron chi connectivity index (χ1n) is 9.57. The number of hydrogen-bond donors (Lipinski definition) is 1. The van der Waals surface area contributed by atoms with Crippen LogP contribution in [0, 0.1) is 5.92 Å². The average molecular weight is 398 g/mol. The van der Waals surface area contributed by atoms with Crippen LogP contribution in [0.4, 0.5) is 0 Å². The third-order valence-electron chi connectivity index (χ3n) is 4.81. The zero-order valence-corrected chi connectivity index (χ0v) is 16.6. The Morgan fingerprint density at radius 2 is 2.21 bits per heavy atom. The number of amidine groups is 1. The van der Waals surface area contributed by atoms with Crippen LogP contribution in [0.25, 0.3) is 17.0 Å². The summed E-state index contributed by atoms with van der Waals surface area (Å²) in [4.78, 5) is 22.0. The second-order valence-corrected chi connectivity index (χ2v) is 7.82. The van der Waals surface area contributed by atoms with Crippen molar-refractivity contribution in [3.8, 4) is 5.75 Å². The molecule has 0 saturated carbocycles. The predicted octanol–water partition coefficient (Wildman–Crippen LogP) is 3.62. The maximum Gasteiger partial charge on any atom is 0.264 e. The molecule has 2 saturated heterocycles. The van der Waals surface area contributed by atoms with Crippen molar-refractivity contribution >= 4 is 39.8 Å². The van der Waals surface area contributed by atoms with Crippen LogP contribution in [0.5, 0.6) is 5.75 Å². The van der Waals surface area contributed by atoms with Gasteiger partial charge in [0.2, 0.25) is 0 Å². The molecule has 2 aliphatic heterocycles. The third-order valence-corrected chi connectivity index (χ3v) is 5.76. The minimum absolute atomic E-state index is 0.105. The number of carbonyl (C=O) groups excluding carboxylic acids is 1. The summed E-state index contributed by atoms with van der Waals surface area (Å²) < 4.78 is 11.1. The molecule has 0 atom stereocenters. The molecule has 1 aromatic heterocycles. The number of rotatable bonds is 5. The molecule has 3 heterocycles. The van der Waals surface area contributed by atoms with Crippen molar-refractivity contribution in [2.24, 2.45) is 10.9 Å². The van der Waals surface area contributed by atoms with Gasteiger partial charge in [-0.3, -0.25) is 14.8 Å². The molecule has 0 bridgehead atoms. The average Bonchev–Trinajstić information content (AvgIpc) is 3.07. The Kier molecular flexibility index (Phi) is 5.92. The molecular weight excluding hydrogens is 374 g/mol. The van der Waals surface area contributed by atoms with Crippen LogP contribution >= 0.6 is 11.8 Å². The van der Waals surface area contributed by atoms with Gasteiger partial charge in [0.05, 0.1) is 17.0 Å². The summed E-state index contributed by atoms with van der Waals surface area (Å²) in [7, 11) is 0. The van der Waals surface area contributed by atoms with E-state index in [1.54, 1.807) is 6.20 Å². The highest BCUT2D eigenvalue weighted by atomic mass is 32.2. The summed E-state index contributed by atoms with van der Waals surface area (Å²) in [6.45, 7) is 4.90. The first kappa shape index (κ1) is 19.0. The standard InChI is InChI=1S/C21H23N3O3S/c1-2-27-18-5-8-22-17-4-3-15(11-16(17)18)12-19-20(25)24-21(28-19)23-13-14-6-9-26-10-7-14/h3-5,8,11-12,14H,2,6-7,9-10,13H2,1H3,(H,23,24,25)/b19-12-. The molecule has 146 valence electrons. The summed E-state index contributed by atoms with van der Waals surface area (Å²) in [5.41, 5.74) is 1.81. The highest BCUT2D eigenvalue weighted by Crippen LogP contribution is 2.29. The van der Waals surface area contributed by atoms with Crippen LogP contribution in [0.2, 0.25) is 0 Å². The smallest absolute Gasteiger partial charge is 0.264 e. The molecule has 2 fully saturated rings. The van der Waals surface area contributed by atoms with E-state index < -0.39 is 0 Å². The van der Waals surface area contributed by atoms with Gasteiger partial charge in [-0.05, 0) is 67.3 Å². The van der Waals surface area contributed by atoms with E-state index in [-0.39, 0.29) is 5.91 Å². The minimum atomic E-state index is -0.105. The number of benzene rings is 1. The Bertz CT molecular complexity index is 936. The molecule has 2 aliphatic rings. The molecular formula is C21H23N3O3S. The number of aliphatic imine (C=N–C) groups is 1. The number of fused-ring (bicyclic) bond motifs is 1. The van der Waals surface area contributed by atoms with Crippen molar-refractivity contribution < 1.29 is 14.3 Å². The van der Waals surface area contributed by atoms with Crippen LogP contribution in [-0.2, 0) is 9.53 Å². The van der Waals surface area contributed by atoms with Gasteiger partial charge in [0.1, 0.15) is 5.75 Å². The fourth-order valence-corrected chi connectivity index (χ4v) is 4.13. The number of carbonyl (C=O) groups is 1. The normalized spacial score (nSPS) is 20.8. The van der Waals surface area contributed by atoms with E-state index in [4.69, 9.17) is 9.47 Å². The number of pyridine rings is 1. The van der Waals surface area contributed by atoms with Gasteiger partial charge in [0.15, 0.2) is 5.17 Å². The van der Waals surface area contributed by atoms with E-state index in [1.807, 2.05) is 37.3 Å². The van der Waals surface area contributed by atoms with Crippen molar-refractivity contribution in [3.63, 3.8) is 0 Å². The number of amides is 1. The first-order chi connectivity index (χ1) is 13.7. The third kappa shape index (κ3) is 4.36. The SMILES string of the molecule is CCOc1ccnc2ccc(/C=C3\SC(=NCC4CCOCC4)NC3=O)cc12. The molecule has 1 amide bonds. The van der Waals surface area contributed by atoms with E-state index in [2.05, 4.69) is 15.3 Å². The summed E-state index contributed by atoms with van der Waals surface area (Å²) in [6.07, 6.45) is 5.70. The maximum absolute atomic E-state index is 12.3. The Labute approximate surface area is 168 Å². The zero-order chi connectivity index (χ0) is 19.3. The van der Waals surface area contributed by atoms with Crippen LogP contribution in [0.1, 0.15) is 25.3 Å². The van der Waals surface area contributed by atoms with Crippen molar-refractivity contribution in [3.05, 3.63) is 40.9 Å². The summed E-state index contributed by atoms with van der Waals surface area (Å²) in [6, 6.07) is 7.77. The lowest BCUT2D eigenvalue weighted by atomic mass is 10.0. The largest absolute Gasteiger partial charge is 0.493 e. The van der Waals surface area contributed by atoms with Crippen LogP contribution in [-0.4, -0.2) is 42.4 Å². The number of nitrogens with zero attached hydrogens (tertiary/aromatic N) is 2. The lowest BCUT2D eigenvalue weighted by molar-refractivity contribution is -0.115. The molecule has 1 aromatic carbocycles. The monoisotopic (exact) mass is 397 g/mol. The Hall–Kier alpha value is -2.38. The van der Waals surface area contributed by atoms with Crippen molar-refractivity contribution in [1.82, 2.24) is 10.3 Å². The van der Waals surface area contributed by atoms with Gasteiger partial charge in [-0.15, -0.1) is 0 Å². The lowest BCUT2D eigenvalue weighted by Gasteiger charge is -2.19. The fraction of sp³-hybridized carbons (Fsp3) is 0.381. The number of ether oxygens (including phenoxy) is 2. The van der Waals surface area contributed by atoms with E-state index in [1.165, 1.54) is 11.8 Å². The first-order valence-corrected chi connectivity index (χ1v) is 10.4. The maximum atomic E-state index is 12.3. The van der Waals surface area contributed by atoms with Crippen molar-refractivity contribution in [2.75, 3.05) is 26.4 Å². The van der Waals surface area contributed by atoms with Crippen LogP contribution in [0.15, 0.2) is 40.4 Å². The minimum Gasteiger partial charge on any atom is -0.493 e. The fourth-order valence-electron chi connectivity index (χ4n) is 3.30. The Morgan fingerprint density at radius 1 is 1.36 bits per heavy atom. The second kappa shape index (κ2) is 8.75. The Balaban J connectivity index is 1.51. The van der Waals surface area contributed by atoms with Crippen LogP contribution in [0.3, 0.4) is 0 Å². The van der Waals surface area contributed by atoms with Gasteiger partial charge < -0.3 is 14.8 Å². The van der Waals surface area contributed by atoms with E-state index in [0.717, 1.165) is 54.8 Å². The van der Waals surface area contributed by atoms with Gasteiger partial charge in [0.25, 0.3) is 5.91 Å².